The first-order valence-electron chi connectivity index (χ1n) is 10.2. The number of amides is 1. The van der Waals surface area contributed by atoms with Crippen LogP contribution in [0.2, 0.25) is 0 Å². The lowest BCUT2D eigenvalue weighted by molar-refractivity contribution is -0.148. The van der Waals surface area contributed by atoms with Crippen molar-refractivity contribution in [2.75, 3.05) is 26.3 Å². The van der Waals surface area contributed by atoms with Gasteiger partial charge in [-0.15, -0.1) is 0 Å². The molecule has 1 atom stereocenters. The first-order valence-corrected chi connectivity index (χ1v) is 10.2. The van der Waals surface area contributed by atoms with Gasteiger partial charge in [0.05, 0.1) is 13.2 Å². The van der Waals surface area contributed by atoms with E-state index >= 15 is 0 Å². The topological polar surface area (TPSA) is 55.8 Å². The second kappa shape index (κ2) is 9.25. The third kappa shape index (κ3) is 5.24. The number of rotatable bonds is 7. The van der Waals surface area contributed by atoms with Crippen molar-refractivity contribution >= 4 is 11.9 Å². The van der Waals surface area contributed by atoms with E-state index in [0.717, 1.165) is 12.2 Å². The molecule has 1 saturated carbocycles. The summed E-state index contributed by atoms with van der Waals surface area (Å²) in [5.74, 6) is 1.35. The van der Waals surface area contributed by atoms with Crippen molar-refractivity contribution in [2.45, 2.75) is 58.3 Å². The number of likely N-dealkylation sites (tertiary alicyclic amines) is 1. The molecule has 1 aliphatic heterocycles. The van der Waals surface area contributed by atoms with Crippen LogP contribution in [0, 0.1) is 12.8 Å². The molecule has 1 aromatic carbocycles. The Labute approximate surface area is 162 Å². The zero-order chi connectivity index (χ0) is 19.2. The van der Waals surface area contributed by atoms with Crippen molar-refractivity contribution in [3.05, 3.63) is 29.3 Å². The first-order chi connectivity index (χ1) is 13.1. The quantitative estimate of drug-likeness (QED) is 0.538. The third-order valence-corrected chi connectivity index (χ3v) is 5.67. The molecule has 0 aromatic heterocycles. The highest BCUT2D eigenvalue weighted by atomic mass is 16.5. The fraction of sp³-hybridized carbons (Fsp3) is 0.636. The van der Waals surface area contributed by atoms with Gasteiger partial charge < -0.3 is 14.4 Å². The van der Waals surface area contributed by atoms with Crippen LogP contribution in [0.1, 0.15) is 62.5 Å². The fourth-order valence-electron chi connectivity index (χ4n) is 4.21. The fourth-order valence-corrected chi connectivity index (χ4v) is 4.21. The van der Waals surface area contributed by atoms with Gasteiger partial charge in [0.1, 0.15) is 12.2 Å². The minimum Gasteiger partial charge on any atom is -0.493 e. The lowest BCUT2D eigenvalue weighted by Crippen LogP contribution is -2.31. The SMILES string of the molecule is CCOC(=O)CC(=O)N1CCC(COc2ccc(C)cc2C2CCCC2)C1. The van der Waals surface area contributed by atoms with Crippen molar-refractivity contribution < 1.29 is 19.1 Å². The molecule has 1 aromatic rings. The number of aryl methyl sites for hydroxylation is 1. The average molecular weight is 373 g/mol. The Balaban J connectivity index is 1.52. The van der Waals surface area contributed by atoms with E-state index in [4.69, 9.17) is 9.47 Å². The van der Waals surface area contributed by atoms with Crippen LogP contribution in [0.5, 0.6) is 5.75 Å². The van der Waals surface area contributed by atoms with Crippen LogP contribution in [-0.4, -0.2) is 43.1 Å². The largest absolute Gasteiger partial charge is 0.493 e. The van der Waals surface area contributed by atoms with Crippen LogP contribution in [0.15, 0.2) is 18.2 Å². The number of esters is 1. The van der Waals surface area contributed by atoms with E-state index in [9.17, 15) is 9.59 Å². The third-order valence-electron chi connectivity index (χ3n) is 5.67. The average Bonchev–Trinajstić information content (AvgIpc) is 3.33. The first kappa shape index (κ1) is 19.7. The summed E-state index contributed by atoms with van der Waals surface area (Å²) in [5.41, 5.74) is 2.63. The van der Waals surface area contributed by atoms with Gasteiger partial charge in [-0.3, -0.25) is 9.59 Å². The zero-order valence-corrected chi connectivity index (χ0v) is 16.5. The van der Waals surface area contributed by atoms with Gasteiger partial charge in [0.25, 0.3) is 0 Å². The highest BCUT2D eigenvalue weighted by Gasteiger charge is 2.28. The van der Waals surface area contributed by atoms with Gasteiger partial charge in [0.2, 0.25) is 5.91 Å². The highest BCUT2D eigenvalue weighted by molar-refractivity contribution is 5.94. The molecule has 1 saturated heterocycles. The summed E-state index contributed by atoms with van der Waals surface area (Å²) in [6.07, 6.45) is 5.86. The number of benzene rings is 1. The molecule has 2 fully saturated rings. The van der Waals surface area contributed by atoms with Crippen molar-refractivity contribution in [3.63, 3.8) is 0 Å². The van der Waals surface area contributed by atoms with Gasteiger partial charge in [0.15, 0.2) is 0 Å². The van der Waals surface area contributed by atoms with E-state index in [1.54, 1.807) is 11.8 Å². The molecule has 2 aliphatic rings. The Hall–Kier alpha value is -2.04. The van der Waals surface area contributed by atoms with E-state index in [0.29, 0.717) is 38.1 Å². The lowest BCUT2D eigenvalue weighted by atomic mass is 9.95. The second-order valence-corrected chi connectivity index (χ2v) is 7.81. The van der Waals surface area contributed by atoms with Crippen LogP contribution >= 0.6 is 0 Å². The zero-order valence-electron chi connectivity index (χ0n) is 16.5. The summed E-state index contributed by atoms with van der Waals surface area (Å²) < 4.78 is 11.1. The summed E-state index contributed by atoms with van der Waals surface area (Å²) in [4.78, 5) is 25.5. The summed E-state index contributed by atoms with van der Waals surface area (Å²) in [5, 5.41) is 0. The molecule has 0 bridgehead atoms. The molecule has 3 rings (SSSR count). The monoisotopic (exact) mass is 373 g/mol. The molecule has 0 radical (unpaired) electrons. The number of carbonyl (C=O) groups excluding carboxylic acids is 2. The molecule has 0 spiro atoms. The lowest BCUT2D eigenvalue weighted by Gasteiger charge is -2.19. The molecule has 1 aliphatic carbocycles. The molecule has 1 amide bonds. The summed E-state index contributed by atoms with van der Waals surface area (Å²) in [7, 11) is 0. The van der Waals surface area contributed by atoms with Gasteiger partial charge in [-0.1, -0.05) is 30.5 Å². The maximum Gasteiger partial charge on any atom is 0.315 e. The standard InChI is InChI=1S/C22H31NO4/c1-3-26-22(25)13-21(24)23-11-10-17(14-23)15-27-20-9-8-16(2)12-19(20)18-6-4-5-7-18/h8-9,12,17-18H,3-7,10-11,13-15H2,1-2H3. The van der Waals surface area contributed by atoms with E-state index < -0.39 is 5.97 Å². The minimum absolute atomic E-state index is 0.141. The van der Waals surface area contributed by atoms with Gasteiger partial charge in [-0.05, 0) is 50.7 Å². The molecule has 27 heavy (non-hydrogen) atoms. The number of hydrogen-bond donors (Lipinski definition) is 0. The van der Waals surface area contributed by atoms with Gasteiger partial charge in [-0.25, -0.2) is 0 Å². The Morgan fingerprint density at radius 1 is 1.19 bits per heavy atom. The number of nitrogens with zero attached hydrogens (tertiary/aromatic N) is 1. The molecule has 5 nitrogen and oxygen atoms in total. The molecule has 1 heterocycles. The highest BCUT2D eigenvalue weighted by Crippen LogP contribution is 2.39. The van der Waals surface area contributed by atoms with Gasteiger partial charge >= 0.3 is 5.97 Å². The molecule has 1 unspecified atom stereocenters. The Morgan fingerprint density at radius 2 is 1.96 bits per heavy atom. The van der Waals surface area contributed by atoms with Crippen LogP contribution < -0.4 is 4.74 Å². The van der Waals surface area contributed by atoms with E-state index in [-0.39, 0.29) is 12.3 Å². The molecular weight excluding hydrogens is 342 g/mol. The summed E-state index contributed by atoms with van der Waals surface area (Å²) in [6, 6.07) is 6.48. The molecular formula is C22H31NO4. The van der Waals surface area contributed by atoms with Crippen LogP contribution in [0.25, 0.3) is 0 Å². The van der Waals surface area contributed by atoms with Crippen molar-refractivity contribution in [2.24, 2.45) is 5.92 Å². The van der Waals surface area contributed by atoms with E-state index in [1.165, 1.54) is 36.8 Å². The van der Waals surface area contributed by atoms with Crippen LogP contribution in [-0.2, 0) is 14.3 Å². The van der Waals surface area contributed by atoms with Crippen LogP contribution in [0.3, 0.4) is 0 Å². The predicted octanol–water partition coefficient (Wildman–Crippen LogP) is 3.83. The Bertz CT molecular complexity index is 666. The minimum atomic E-state index is -0.442. The van der Waals surface area contributed by atoms with E-state index in [1.807, 2.05) is 0 Å². The Morgan fingerprint density at radius 3 is 2.70 bits per heavy atom. The summed E-state index contributed by atoms with van der Waals surface area (Å²) in [6.45, 7) is 6.15. The number of ether oxygens (including phenoxy) is 2. The normalized spacial score (nSPS) is 20.1. The van der Waals surface area contributed by atoms with Crippen molar-refractivity contribution in [3.8, 4) is 5.75 Å². The number of hydrogen-bond acceptors (Lipinski definition) is 4. The van der Waals surface area contributed by atoms with Gasteiger partial charge in [0, 0.05) is 19.0 Å². The van der Waals surface area contributed by atoms with E-state index in [2.05, 4.69) is 25.1 Å². The van der Waals surface area contributed by atoms with Crippen molar-refractivity contribution in [1.29, 1.82) is 0 Å². The molecule has 148 valence electrons. The maximum absolute atomic E-state index is 12.2. The molecule has 5 heteroatoms. The predicted molar refractivity (Wildman–Crippen MR) is 104 cm³/mol. The maximum atomic E-state index is 12.2. The molecule has 0 N–H and O–H groups in total. The van der Waals surface area contributed by atoms with Crippen LogP contribution in [0.4, 0.5) is 0 Å². The number of carbonyl (C=O) groups is 2. The summed E-state index contributed by atoms with van der Waals surface area (Å²) >= 11 is 0. The van der Waals surface area contributed by atoms with Gasteiger partial charge in [-0.2, -0.15) is 0 Å². The Kier molecular flexibility index (Phi) is 6.75. The smallest absolute Gasteiger partial charge is 0.315 e. The second-order valence-electron chi connectivity index (χ2n) is 7.81. The van der Waals surface area contributed by atoms with Crippen molar-refractivity contribution in [1.82, 2.24) is 4.90 Å².